The van der Waals surface area contributed by atoms with Crippen LogP contribution in [-0.4, -0.2) is 24.8 Å². The van der Waals surface area contributed by atoms with Gasteiger partial charge in [0.05, 0.1) is 10.9 Å². The Morgan fingerprint density at radius 3 is 2.29 bits per heavy atom. The van der Waals surface area contributed by atoms with Gasteiger partial charge in [0, 0.05) is 6.04 Å². The molecule has 0 N–H and O–H groups in total. The van der Waals surface area contributed by atoms with Gasteiger partial charge in [0.25, 0.3) is 0 Å². The molecule has 3 rings (SSSR count). The average Bonchev–Trinajstić information content (AvgIpc) is 2.98. The second-order valence-electron chi connectivity index (χ2n) is 6.48. The molecule has 24 heavy (non-hydrogen) atoms. The molecule has 2 atom stereocenters. The van der Waals surface area contributed by atoms with Crippen molar-refractivity contribution in [2.24, 2.45) is 0 Å². The first kappa shape index (κ1) is 16.9. The molecule has 1 heterocycles. The fourth-order valence-electron chi connectivity index (χ4n) is 3.37. The van der Waals surface area contributed by atoms with Gasteiger partial charge in [-0.15, -0.1) is 0 Å². The van der Waals surface area contributed by atoms with E-state index < -0.39 is 10.0 Å². The maximum atomic E-state index is 13.2. The normalized spacial score (nSPS) is 21.8. The molecule has 2 aromatic carbocycles. The maximum absolute atomic E-state index is 13.2. The van der Waals surface area contributed by atoms with Gasteiger partial charge in [-0.1, -0.05) is 54.6 Å². The van der Waals surface area contributed by atoms with Crippen LogP contribution in [0, 0.1) is 6.92 Å². The molecule has 4 heteroatoms. The SMILES string of the molecule is C=C(c1ccccc1)[C@H]1CC[C@H](C)N1S(=O)(=O)c1ccc(C)cc1. The van der Waals surface area contributed by atoms with E-state index in [-0.39, 0.29) is 12.1 Å². The van der Waals surface area contributed by atoms with Crippen LogP contribution in [0.25, 0.3) is 5.57 Å². The van der Waals surface area contributed by atoms with Gasteiger partial charge in [-0.25, -0.2) is 8.42 Å². The van der Waals surface area contributed by atoms with Gasteiger partial charge in [-0.05, 0) is 50.0 Å². The predicted octanol–water partition coefficient (Wildman–Crippen LogP) is 4.25. The van der Waals surface area contributed by atoms with Crippen LogP contribution in [0.5, 0.6) is 0 Å². The third-order valence-corrected chi connectivity index (χ3v) is 6.78. The predicted molar refractivity (Wildman–Crippen MR) is 98.2 cm³/mol. The van der Waals surface area contributed by atoms with Crippen molar-refractivity contribution in [2.45, 2.75) is 43.7 Å². The molecule has 0 saturated carbocycles. The minimum Gasteiger partial charge on any atom is -0.207 e. The molecule has 3 nitrogen and oxygen atoms in total. The van der Waals surface area contributed by atoms with E-state index in [9.17, 15) is 8.42 Å². The molecule has 0 aromatic heterocycles. The molecule has 1 fully saturated rings. The minimum atomic E-state index is -3.53. The van der Waals surface area contributed by atoms with Crippen LogP contribution in [-0.2, 0) is 10.0 Å². The summed E-state index contributed by atoms with van der Waals surface area (Å²) in [5, 5.41) is 0. The van der Waals surface area contributed by atoms with Crippen molar-refractivity contribution < 1.29 is 8.42 Å². The molecule has 1 saturated heterocycles. The second kappa shape index (κ2) is 6.54. The molecule has 0 aliphatic carbocycles. The quantitative estimate of drug-likeness (QED) is 0.834. The van der Waals surface area contributed by atoms with Gasteiger partial charge < -0.3 is 0 Å². The fraction of sp³-hybridized carbons (Fsp3) is 0.300. The summed E-state index contributed by atoms with van der Waals surface area (Å²) in [6.45, 7) is 8.14. The van der Waals surface area contributed by atoms with Crippen LogP contribution in [0.1, 0.15) is 30.9 Å². The largest absolute Gasteiger partial charge is 0.243 e. The standard InChI is InChI=1S/C20H23NO2S/c1-15-9-12-19(13-10-15)24(22,23)21-16(2)11-14-20(21)17(3)18-7-5-4-6-8-18/h4-10,12-13,16,20H,3,11,14H2,1-2H3/t16-,20+/m0/s1. The molecule has 0 radical (unpaired) electrons. The fourth-order valence-corrected chi connectivity index (χ4v) is 5.24. The lowest BCUT2D eigenvalue weighted by molar-refractivity contribution is 0.375. The first-order valence-electron chi connectivity index (χ1n) is 8.25. The van der Waals surface area contributed by atoms with Crippen LogP contribution in [0.4, 0.5) is 0 Å². The molecular weight excluding hydrogens is 318 g/mol. The number of aryl methyl sites for hydroxylation is 1. The van der Waals surface area contributed by atoms with Crippen molar-refractivity contribution in [3.8, 4) is 0 Å². The van der Waals surface area contributed by atoms with E-state index in [2.05, 4.69) is 6.58 Å². The van der Waals surface area contributed by atoms with Gasteiger partial charge >= 0.3 is 0 Å². The lowest BCUT2D eigenvalue weighted by Crippen LogP contribution is -2.40. The molecule has 2 aromatic rings. The summed E-state index contributed by atoms with van der Waals surface area (Å²) < 4.78 is 28.0. The lowest BCUT2D eigenvalue weighted by atomic mass is 9.99. The first-order chi connectivity index (χ1) is 11.4. The van der Waals surface area contributed by atoms with E-state index in [0.717, 1.165) is 29.5 Å². The van der Waals surface area contributed by atoms with Crippen molar-refractivity contribution in [3.63, 3.8) is 0 Å². The minimum absolute atomic E-state index is 0.0261. The number of hydrogen-bond donors (Lipinski definition) is 0. The Labute approximate surface area is 144 Å². The molecule has 126 valence electrons. The Morgan fingerprint density at radius 1 is 1.04 bits per heavy atom. The Balaban J connectivity index is 1.97. The van der Waals surface area contributed by atoms with Crippen LogP contribution in [0.2, 0.25) is 0 Å². The summed E-state index contributed by atoms with van der Waals surface area (Å²) in [6, 6.07) is 16.7. The van der Waals surface area contributed by atoms with Crippen molar-refractivity contribution in [1.82, 2.24) is 4.31 Å². The smallest absolute Gasteiger partial charge is 0.207 e. The monoisotopic (exact) mass is 341 g/mol. The van der Waals surface area contributed by atoms with Gasteiger partial charge in [0.2, 0.25) is 10.0 Å². The van der Waals surface area contributed by atoms with Gasteiger partial charge in [-0.3, -0.25) is 0 Å². The summed E-state index contributed by atoms with van der Waals surface area (Å²) in [5.74, 6) is 0. The molecule has 1 aliphatic rings. The molecule has 0 spiro atoms. The van der Waals surface area contributed by atoms with E-state index in [4.69, 9.17) is 0 Å². The first-order valence-corrected chi connectivity index (χ1v) is 9.69. The van der Waals surface area contributed by atoms with Gasteiger partial charge in [-0.2, -0.15) is 4.31 Å². The zero-order valence-electron chi connectivity index (χ0n) is 14.1. The highest BCUT2D eigenvalue weighted by molar-refractivity contribution is 7.89. The molecular formula is C20H23NO2S. The van der Waals surface area contributed by atoms with Crippen molar-refractivity contribution in [3.05, 3.63) is 72.3 Å². The van der Waals surface area contributed by atoms with E-state index in [1.54, 1.807) is 16.4 Å². The van der Waals surface area contributed by atoms with E-state index in [1.165, 1.54) is 0 Å². The third kappa shape index (κ3) is 3.04. The number of nitrogens with zero attached hydrogens (tertiary/aromatic N) is 1. The van der Waals surface area contributed by atoms with Crippen LogP contribution < -0.4 is 0 Å². The highest BCUT2D eigenvalue weighted by atomic mass is 32.2. The van der Waals surface area contributed by atoms with E-state index in [0.29, 0.717) is 4.90 Å². The number of benzene rings is 2. The van der Waals surface area contributed by atoms with Crippen LogP contribution in [0.3, 0.4) is 0 Å². The maximum Gasteiger partial charge on any atom is 0.243 e. The highest BCUT2D eigenvalue weighted by Gasteiger charge is 2.41. The number of sulfonamides is 1. The molecule has 0 amide bonds. The zero-order valence-corrected chi connectivity index (χ0v) is 15.0. The average molecular weight is 341 g/mol. The summed E-state index contributed by atoms with van der Waals surface area (Å²) in [6.07, 6.45) is 1.65. The van der Waals surface area contributed by atoms with Crippen molar-refractivity contribution in [1.29, 1.82) is 0 Å². The zero-order chi connectivity index (χ0) is 17.3. The summed E-state index contributed by atoms with van der Waals surface area (Å²) in [7, 11) is -3.53. The van der Waals surface area contributed by atoms with Crippen LogP contribution in [0.15, 0.2) is 66.1 Å². The number of hydrogen-bond acceptors (Lipinski definition) is 2. The summed E-state index contributed by atoms with van der Waals surface area (Å²) in [4.78, 5) is 0.354. The molecule has 0 bridgehead atoms. The lowest BCUT2D eigenvalue weighted by Gasteiger charge is -2.29. The Bertz CT molecular complexity index is 826. The Morgan fingerprint density at radius 2 is 1.67 bits per heavy atom. The second-order valence-corrected chi connectivity index (χ2v) is 8.32. The van der Waals surface area contributed by atoms with Gasteiger partial charge in [0.15, 0.2) is 0 Å². The van der Waals surface area contributed by atoms with E-state index >= 15 is 0 Å². The topological polar surface area (TPSA) is 37.4 Å². The Hall–Kier alpha value is -1.91. The number of rotatable bonds is 4. The third-order valence-electron chi connectivity index (χ3n) is 4.74. The van der Waals surface area contributed by atoms with Crippen molar-refractivity contribution in [2.75, 3.05) is 0 Å². The Kier molecular flexibility index (Phi) is 4.61. The molecule has 0 unspecified atom stereocenters. The van der Waals surface area contributed by atoms with E-state index in [1.807, 2.05) is 56.3 Å². The summed E-state index contributed by atoms with van der Waals surface area (Å²) in [5.41, 5.74) is 2.92. The molecule has 1 aliphatic heterocycles. The van der Waals surface area contributed by atoms with Crippen LogP contribution >= 0.6 is 0 Å². The van der Waals surface area contributed by atoms with Crippen molar-refractivity contribution >= 4 is 15.6 Å². The highest BCUT2D eigenvalue weighted by Crippen LogP contribution is 2.37. The summed E-state index contributed by atoms with van der Waals surface area (Å²) >= 11 is 0. The van der Waals surface area contributed by atoms with Gasteiger partial charge in [0.1, 0.15) is 0 Å².